The Hall–Kier alpha value is -3.71. The molecular formula is C28H28FN5O5S. The highest BCUT2D eigenvalue weighted by atomic mass is 32.2. The molecule has 2 atom stereocenters. The van der Waals surface area contributed by atoms with Crippen LogP contribution in [0.2, 0.25) is 0 Å². The predicted octanol–water partition coefficient (Wildman–Crippen LogP) is 3.98. The first kappa shape index (κ1) is 26.5. The van der Waals surface area contributed by atoms with Crippen LogP contribution in [0.3, 0.4) is 0 Å². The molecule has 12 heteroatoms. The van der Waals surface area contributed by atoms with E-state index >= 15 is 0 Å². The maximum absolute atomic E-state index is 15.0. The highest BCUT2D eigenvalue weighted by molar-refractivity contribution is 7.92. The van der Waals surface area contributed by atoms with Crippen molar-refractivity contribution >= 4 is 15.7 Å². The lowest BCUT2D eigenvalue weighted by Gasteiger charge is -2.12. The summed E-state index contributed by atoms with van der Waals surface area (Å²) in [4.78, 5) is 9.04. The van der Waals surface area contributed by atoms with Gasteiger partial charge in [-0.25, -0.2) is 22.8 Å². The first-order valence-corrected chi connectivity index (χ1v) is 14.6. The molecule has 0 aliphatic carbocycles. The highest BCUT2D eigenvalue weighted by Crippen LogP contribution is 2.31. The number of halogens is 1. The van der Waals surface area contributed by atoms with E-state index in [1.54, 1.807) is 36.4 Å². The number of anilines is 1. The van der Waals surface area contributed by atoms with Gasteiger partial charge in [0.2, 0.25) is 0 Å². The van der Waals surface area contributed by atoms with Crippen molar-refractivity contribution in [3.63, 3.8) is 0 Å². The van der Waals surface area contributed by atoms with Gasteiger partial charge in [0.25, 0.3) is 0 Å². The standard InChI is InChI=1S/C28H28FN5O5S/c29-22-12-17(14-31-26-2-1-10-38-26)3-8-21(22)23-13-25(39-34-23)27-28(30)32-15-24(33-27)18-4-6-19(7-5-18)40(35,36)20-9-11-37-16-20/h3-8,12-13,15,20,26,31H,1-2,9-11,14,16H2,(H2,30,32). The van der Waals surface area contributed by atoms with Crippen LogP contribution in [0.15, 0.2) is 64.1 Å². The Bertz CT molecular complexity index is 1610. The minimum atomic E-state index is -3.48. The maximum atomic E-state index is 15.0. The molecule has 2 aliphatic heterocycles. The molecule has 0 spiro atoms. The van der Waals surface area contributed by atoms with Crippen LogP contribution < -0.4 is 11.1 Å². The van der Waals surface area contributed by atoms with E-state index in [2.05, 4.69) is 20.4 Å². The van der Waals surface area contributed by atoms with E-state index < -0.39 is 20.9 Å². The summed E-state index contributed by atoms with van der Waals surface area (Å²) in [6.07, 6.45) is 3.94. The largest absolute Gasteiger partial charge is 0.382 e. The molecule has 2 aromatic heterocycles. The van der Waals surface area contributed by atoms with E-state index in [1.165, 1.54) is 12.3 Å². The second-order valence-corrected chi connectivity index (χ2v) is 12.0. The van der Waals surface area contributed by atoms with Gasteiger partial charge in [-0.05, 0) is 49.1 Å². The van der Waals surface area contributed by atoms with Gasteiger partial charge in [0.1, 0.15) is 17.7 Å². The molecule has 2 saturated heterocycles. The number of hydrogen-bond acceptors (Lipinski definition) is 10. The van der Waals surface area contributed by atoms with Gasteiger partial charge in [-0.1, -0.05) is 23.4 Å². The van der Waals surface area contributed by atoms with Crippen LogP contribution in [-0.4, -0.2) is 54.8 Å². The summed E-state index contributed by atoms with van der Waals surface area (Å²) in [5.41, 5.74) is 8.81. The molecule has 0 radical (unpaired) electrons. The van der Waals surface area contributed by atoms with Crippen LogP contribution in [0, 0.1) is 5.82 Å². The van der Waals surface area contributed by atoms with E-state index in [1.807, 2.05) is 6.07 Å². The number of rotatable bonds is 8. The molecule has 4 aromatic rings. The molecule has 208 valence electrons. The zero-order valence-corrected chi connectivity index (χ0v) is 22.4. The van der Waals surface area contributed by atoms with E-state index in [0.29, 0.717) is 36.5 Å². The minimum absolute atomic E-state index is 0.00108. The van der Waals surface area contributed by atoms with Crippen LogP contribution in [0.4, 0.5) is 10.2 Å². The van der Waals surface area contributed by atoms with Crippen LogP contribution >= 0.6 is 0 Å². The van der Waals surface area contributed by atoms with Crippen LogP contribution in [0.25, 0.3) is 34.0 Å². The first-order valence-electron chi connectivity index (χ1n) is 13.0. The van der Waals surface area contributed by atoms with Crippen LogP contribution in [-0.2, 0) is 25.9 Å². The number of nitrogens with zero attached hydrogens (tertiary/aromatic N) is 3. The lowest BCUT2D eigenvalue weighted by atomic mass is 10.1. The predicted molar refractivity (Wildman–Crippen MR) is 145 cm³/mol. The van der Waals surface area contributed by atoms with E-state index in [4.69, 9.17) is 19.7 Å². The van der Waals surface area contributed by atoms with Crippen molar-refractivity contribution in [1.29, 1.82) is 0 Å². The molecule has 2 unspecified atom stereocenters. The van der Waals surface area contributed by atoms with Crippen molar-refractivity contribution in [2.24, 2.45) is 0 Å². The molecule has 0 bridgehead atoms. The molecule has 0 saturated carbocycles. The fourth-order valence-electron chi connectivity index (χ4n) is 4.84. The summed E-state index contributed by atoms with van der Waals surface area (Å²) < 4.78 is 56.9. The summed E-state index contributed by atoms with van der Waals surface area (Å²) in [7, 11) is -3.48. The minimum Gasteiger partial charge on any atom is -0.382 e. The molecule has 2 fully saturated rings. The summed E-state index contributed by atoms with van der Waals surface area (Å²) in [6, 6.07) is 12.9. The van der Waals surface area contributed by atoms with Crippen LogP contribution in [0.1, 0.15) is 24.8 Å². The van der Waals surface area contributed by atoms with Gasteiger partial charge in [0.15, 0.2) is 27.1 Å². The van der Waals surface area contributed by atoms with Gasteiger partial charge >= 0.3 is 0 Å². The maximum Gasteiger partial charge on any atom is 0.189 e. The average molecular weight is 566 g/mol. The number of aromatic nitrogens is 3. The number of sulfone groups is 1. The Labute approximate surface area is 230 Å². The van der Waals surface area contributed by atoms with Gasteiger partial charge in [-0.3, -0.25) is 5.32 Å². The summed E-state index contributed by atoms with van der Waals surface area (Å²) >= 11 is 0. The van der Waals surface area contributed by atoms with Crippen molar-refractivity contribution in [3.8, 4) is 34.0 Å². The Morgan fingerprint density at radius 2 is 1.90 bits per heavy atom. The summed E-state index contributed by atoms with van der Waals surface area (Å²) in [5.74, 6) is -0.0905. The lowest BCUT2D eigenvalue weighted by Crippen LogP contribution is -2.27. The van der Waals surface area contributed by atoms with E-state index in [9.17, 15) is 12.8 Å². The van der Waals surface area contributed by atoms with Gasteiger partial charge < -0.3 is 19.7 Å². The van der Waals surface area contributed by atoms with Gasteiger partial charge in [-0.15, -0.1) is 0 Å². The molecule has 40 heavy (non-hydrogen) atoms. The third-order valence-corrected chi connectivity index (χ3v) is 9.30. The Morgan fingerprint density at radius 1 is 1.05 bits per heavy atom. The Balaban J connectivity index is 1.21. The van der Waals surface area contributed by atoms with E-state index in [-0.39, 0.29) is 40.6 Å². The van der Waals surface area contributed by atoms with Gasteiger partial charge in [0.05, 0.1) is 28.6 Å². The molecule has 2 aliphatic rings. The average Bonchev–Trinajstić information content (AvgIpc) is 3.76. The molecule has 4 heterocycles. The molecule has 10 nitrogen and oxygen atoms in total. The third-order valence-electron chi connectivity index (χ3n) is 7.12. The van der Waals surface area contributed by atoms with Crippen molar-refractivity contribution < 1.29 is 26.8 Å². The van der Waals surface area contributed by atoms with Crippen molar-refractivity contribution in [2.75, 3.05) is 25.6 Å². The second kappa shape index (κ2) is 11.0. The zero-order chi connectivity index (χ0) is 27.7. The summed E-state index contributed by atoms with van der Waals surface area (Å²) in [5, 5.41) is 6.77. The molecule has 3 N–H and O–H groups in total. The number of nitrogens with two attached hydrogens (primary N) is 1. The number of hydrogen-bond donors (Lipinski definition) is 2. The Kier molecular flexibility index (Phi) is 7.32. The molecule has 2 aromatic carbocycles. The van der Waals surface area contributed by atoms with Crippen LogP contribution in [0.5, 0.6) is 0 Å². The summed E-state index contributed by atoms with van der Waals surface area (Å²) in [6.45, 7) is 1.88. The smallest absolute Gasteiger partial charge is 0.189 e. The van der Waals surface area contributed by atoms with Gasteiger partial charge in [-0.2, -0.15) is 0 Å². The number of ether oxygens (including phenoxy) is 2. The second-order valence-electron chi connectivity index (χ2n) is 9.82. The third kappa shape index (κ3) is 5.35. The van der Waals surface area contributed by atoms with Crippen molar-refractivity contribution in [3.05, 3.63) is 66.1 Å². The molecule has 0 amide bonds. The topological polar surface area (TPSA) is 142 Å². The monoisotopic (exact) mass is 565 g/mol. The number of nitrogens with one attached hydrogen (secondary N) is 1. The SMILES string of the molecule is Nc1ncc(-c2ccc(S(=O)(=O)C3CCOC3)cc2)nc1-c1cc(-c2ccc(CNC3CCCO3)cc2F)no1. The van der Waals surface area contributed by atoms with Crippen molar-refractivity contribution in [2.45, 2.75) is 42.2 Å². The Morgan fingerprint density at radius 3 is 2.62 bits per heavy atom. The lowest BCUT2D eigenvalue weighted by molar-refractivity contribution is 0.0827. The van der Waals surface area contributed by atoms with E-state index in [0.717, 1.165) is 25.0 Å². The fourth-order valence-corrected chi connectivity index (χ4v) is 6.43. The molecular weight excluding hydrogens is 537 g/mol. The quantitative estimate of drug-likeness (QED) is 0.322. The molecule has 6 rings (SSSR count). The normalized spacial score (nSPS) is 19.3. The fraction of sp³-hybridized carbons (Fsp3) is 0.321. The highest BCUT2D eigenvalue weighted by Gasteiger charge is 2.31. The van der Waals surface area contributed by atoms with Gasteiger partial charge in [0, 0.05) is 37.0 Å². The van der Waals surface area contributed by atoms with Crippen molar-refractivity contribution in [1.82, 2.24) is 20.4 Å². The number of nitrogen functional groups attached to an aromatic ring is 1. The first-order chi connectivity index (χ1) is 19.4. The zero-order valence-electron chi connectivity index (χ0n) is 21.5. The number of benzene rings is 2.